The SMILES string of the molecule is CN1C=C2C=C(F)c3cccnc3C3=C2C1CC(I)N3. The maximum absolute atomic E-state index is 14.5. The van der Waals surface area contributed by atoms with E-state index in [1.807, 2.05) is 6.20 Å². The van der Waals surface area contributed by atoms with Gasteiger partial charge in [0.2, 0.25) is 0 Å². The first-order chi connectivity index (χ1) is 9.65. The van der Waals surface area contributed by atoms with E-state index >= 15 is 0 Å². The van der Waals surface area contributed by atoms with Crippen molar-refractivity contribution >= 4 is 34.1 Å². The highest BCUT2D eigenvalue weighted by molar-refractivity contribution is 14.1. The van der Waals surface area contributed by atoms with E-state index in [4.69, 9.17) is 0 Å². The highest BCUT2D eigenvalue weighted by Crippen LogP contribution is 2.43. The molecule has 2 unspecified atom stereocenters. The van der Waals surface area contributed by atoms with E-state index in [1.165, 1.54) is 5.57 Å². The molecule has 3 heterocycles. The topological polar surface area (TPSA) is 28.2 Å². The number of rotatable bonds is 0. The quantitative estimate of drug-likeness (QED) is 0.426. The zero-order valence-corrected chi connectivity index (χ0v) is 13.1. The van der Waals surface area contributed by atoms with Crippen LogP contribution < -0.4 is 5.32 Å². The number of allylic oxidation sites excluding steroid dienone is 1. The average molecular weight is 381 g/mol. The first-order valence-electron chi connectivity index (χ1n) is 6.57. The summed E-state index contributed by atoms with van der Waals surface area (Å²) in [5.74, 6) is -0.213. The summed E-state index contributed by atoms with van der Waals surface area (Å²) in [5.41, 5.74) is 4.41. The summed E-state index contributed by atoms with van der Waals surface area (Å²) >= 11 is 2.40. The lowest BCUT2D eigenvalue weighted by atomic mass is 9.93. The molecule has 3 aliphatic rings. The van der Waals surface area contributed by atoms with Crippen LogP contribution in [0.4, 0.5) is 4.39 Å². The van der Waals surface area contributed by atoms with Gasteiger partial charge < -0.3 is 10.2 Å². The van der Waals surface area contributed by atoms with Gasteiger partial charge in [0, 0.05) is 42.6 Å². The summed E-state index contributed by atoms with van der Waals surface area (Å²) in [4.78, 5) is 6.60. The van der Waals surface area contributed by atoms with Crippen LogP contribution in [0.3, 0.4) is 0 Å². The molecule has 0 spiro atoms. The minimum absolute atomic E-state index is 0.213. The van der Waals surface area contributed by atoms with Crippen LogP contribution in [-0.4, -0.2) is 27.0 Å². The number of pyridine rings is 1. The molecule has 20 heavy (non-hydrogen) atoms. The Morgan fingerprint density at radius 2 is 2.35 bits per heavy atom. The molecule has 2 atom stereocenters. The van der Waals surface area contributed by atoms with Crippen molar-refractivity contribution in [3.05, 3.63) is 53.0 Å². The second kappa shape index (κ2) is 4.31. The number of aromatic nitrogens is 1. The molecule has 4 rings (SSSR count). The van der Waals surface area contributed by atoms with Crippen LogP contribution in [0, 0.1) is 0 Å². The number of fused-ring (bicyclic) bond motifs is 2. The predicted molar refractivity (Wildman–Crippen MR) is 85.4 cm³/mol. The largest absolute Gasteiger partial charge is 0.373 e. The van der Waals surface area contributed by atoms with Gasteiger partial charge in [0.1, 0.15) is 5.83 Å². The number of alkyl halides is 1. The summed E-state index contributed by atoms with van der Waals surface area (Å²) in [6.07, 6.45) is 6.39. The van der Waals surface area contributed by atoms with E-state index in [0.29, 0.717) is 15.7 Å². The van der Waals surface area contributed by atoms with Gasteiger partial charge in [-0.1, -0.05) is 22.6 Å². The Hall–Kier alpha value is -1.37. The molecule has 3 nitrogen and oxygen atoms in total. The molecule has 0 aromatic carbocycles. The molecule has 1 aromatic rings. The van der Waals surface area contributed by atoms with Gasteiger partial charge >= 0.3 is 0 Å². The first kappa shape index (κ1) is 12.4. The number of hydrogen-bond donors (Lipinski definition) is 1. The Morgan fingerprint density at radius 1 is 1.50 bits per heavy atom. The number of hydrogen-bond acceptors (Lipinski definition) is 3. The first-order valence-corrected chi connectivity index (χ1v) is 7.81. The molecule has 0 bridgehead atoms. The smallest absolute Gasteiger partial charge is 0.133 e. The van der Waals surface area contributed by atoms with Crippen molar-refractivity contribution in [1.82, 2.24) is 15.2 Å². The van der Waals surface area contributed by atoms with Crippen molar-refractivity contribution in [3.8, 4) is 0 Å². The average Bonchev–Trinajstić information content (AvgIpc) is 2.68. The van der Waals surface area contributed by atoms with E-state index in [2.05, 4.69) is 44.8 Å². The maximum Gasteiger partial charge on any atom is 0.133 e. The third kappa shape index (κ3) is 1.65. The van der Waals surface area contributed by atoms with E-state index in [0.717, 1.165) is 23.4 Å². The van der Waals surface area contributed by atoms with E-state index < -0.39 is 0 Å². The third-order valence-electron chi connectivity index (χ3n) is 4.06. The second-order valence-electron chi connectivity index (χ2n) is 5.29. The molecule has 0 saturated heterocycles. The molecule has 2 aliphatic heterocycles. The fraction of sp³-hybridized carbons (Fsp3) is 0.267. The molecule has 0 fully saturated rings. The Labute approximate surface area is 130 Å². The summed E-state index contributed by atoms with van der Waals surface area (Å²) in [6, 6.07) is 3.88. The van der Waals surface area contributed by atoms with Crippen molar-refractivity contribution in [2.75, 3.05) is 7.05 Å². The standard InChI is InChI=1S/C15H13FIN3/c1-20-7-8-5-10(16)9-3-2-4-18-14(9)15-13(8)11(20)6-12(17)19-15/h2-5,7,11-12,19H,6H2,1H3. The van der Waals surface area contributed by atoms with Crippen LogP contribution in [0.25, 0.3) is 11.5 Å². The van der Waals surface area contributed by atoms with Crippen LogP contribution in [0.1, 0.15) is 17.7 Å². The van der Waals surface area contributed by atoms with Gasteiger partial charge in [0.25, 0.3) is 0 Å². The van der Waals surface area contributed by atoms with Gasteiger partial charge in [-0.25, -0.2) is 4.39 Å². The fourth-order valence-electron chi connectivity index (χ4n) is 3.18. The van der Waals surface area contributed by atoms with Crippen molar-refractivity contribution in [2.45, 2.75) is 16.5 Å². The van der Waals surface area contributed by atoms with E-state index in [1.54, 1.807) is 24.4 Å². The third-order valence-corrected chi connectivity index (χ3v) is 4.88. The molecular formula is C15H13FIN3. The van der Waals surface area contributed by atoms with Gasteiger partial charge in [0.05, 0.1) is 21.5 Å². The molecule has 0 saturated carbocycles. The number of likely N-dealkylation sites (N-methyl/N-ethyl adjacent to an activating group) is 1. The normalized spacial score (nSPS) is 27.2. The van der Waals surface area contributed by atoms with Gasteiger partial charge in [-0.15, -0.1) is 0 Å². The fourth-order valence-corrected chi connectivity index (χ4v) is 3.97. The molecule has 1 aromatic heterocycles. The van der Waals surface area contributed by atoms with Crippen molar-refractivity contribution in [3.63, 3.8) is 0 Å². The molecule has 1 N–H and O–H groups in total. The summed E-state index contributed by atoms with van der Waals surface area (Å²) in [7, 11) is 2.05. The molecule has 0 radical (unpaired) electrons. The van der Waals surface area contributed by atoms with Gasteiger partial charge in [-0.3, -0.25) is 4.98 Å². The summed E-state index contributed by atoms with van der Waals surface area (Å²) < 4.78 is 14.8. The lowest BCUT2D eigenvalue weighted by molar-refractivity contribution is 0.361. The zero-order valence-electron chi connectivity index (χ0n) is 10.9. The summed E-state index contributed by atoms with van der Waals surface area (Å²) in [6.45, 7) is 0. The maximum atomic E-state index is 14.5. The monoisotopic (exact) mass is 381 g/mol. The molecule has 102 valence electrons. The van der Waals surface area contributed by atoms with Crippen molar-refractivity contribution in [2.24, 2.45) is 0 Å². The Balaban J connectivity index is 2.03. The Kier molecular flexibility index (Phi) is 2.67. The van der Waals surface area contributed by atoms with Crippen LogP contribution >= 0.6 is 22.6 Å². The van der Waals surface area contributed by atoms with Crippen LogP contribution in [0.2, 0.25) is 0 Å². The van der Waals surface area contributed by atoms with Crippen LogP contribution in [-0.2, 0) is 0 Å². The van der Waals surface area contributed by atoms with Crippen molar-refractivity contribution in [1.29, 1.82) is 0 Å². The Morgan fingerprint density at radius 3 is 3.20 bits per heavy atom. The zero-order chi connectivity index (χ0) is 13.9. The number of nitrogens with zero attached hydrogens (tertiary/aromatic N) is 2. The number of nitrogens with one attached hydrogen (secondary N) is 1. The Bertz CT molecular complexity index is 692. The van der Waals surface area contributed by atoms with Crippen LogP contribution in [0.5, 0.6) is 0 Å². The van der Waals surface area contributed by atoms with Gasteiger partial charge in [-0.2, -0.15) is 0 Å². The lowest BCUT2D eigenvalue weighted by Gasteiger charge is -2.33. The minimum atomic E-state index is -0.213. The van der Waals surface area contributed by atoms with Gasteiger partial charge in [0.15, 0.2) is 0 Å². The highest BCUT2D eigenvalue weighted by Gasteiger charge is 2.38. The van der Waals surface area contributed by atoms with Crippen LogP contribution in [0.15, 0.2) is 41.8 Å². The molecule has 5 heteroatoms. The molecule has 1 aliphatic carbocycles. The molecular weight excluding hydrogens is 368 g/mol. The predicted octanol–water partition coefficient (Wildman–Crippen LogP) is 3.07. The lowest BCUT2D eigenvalue weighted by Crippen LogP contribution is -2.39. The minimum Gasteiger partial charge on any atom is -0.373 e. The summed E-state index contributed by atoms with van der Waals surface area (Å²) in [5, 5.41) is 3.49. The second-order valence-corrected chi connectivity index (χ2v) is 6.80. The highest BCUT2D eigenvalue weighted by atomic mass is 127. The van der Waals surface area contributed by atoms with Gasteiger partial charge in [-0.05, 0) is 18.2 Å². The molecule has 0 amide bonds. The number of halogens is 2. The van der Waals surface area contributed by atoms with E-state index in [-0.39, 0.29) is 5.83 Å². The van der Waals surface area contributed by atoms with Crippen molar-refractivity contribution < 1.29 is 4.39 Å². The van der Waals surface area contributed by atoms with E-state index in [9.17, 15) is 4.39 Å².